The van der Waals surface area contributed by atoms with E-state index in [-0.39, 0.29) is 18.0 Å². The summed E-state index contributed by atoms with van der Waals surface area (Å²) in [4.78, 5) is 20.1. The molecule has 3 nitrogen and oxygen atoms in total. The molecule has 0 aliphatic carbocycles. The van der Waals surface area contributed by atoms with Gasteiger partial charge in [0, 0.05) is 5.75 Å². The van der Waals surface area contributed by atoms with Gasteiger partial charge in [0.05, 0.1) is 12.5 Å². The standard InChI is InChI=1S/C5H8NO2S/c6-4(3-9)5(8)1-2-7/h4,9H,1,3,6H2/t4-/m1/s1. The fourth-order valence-electron chi connectivity index (χ4n) is 0.304. The maximum Gasteiger partial charge on any atom is 0.206 e. The topological polar surface area (TPSA) is 60.2 Å². The van der Waals surface area contributed by atoms with Gasteiger partial charge in [0.25, 0.3) is 0 Å². The van der Waals surface area contributed by atoms with Crippen LogP contribution >= 0.6 is 12.6 Å². The molecule has 51 valence electrons. The Bertz CT molecular complexity index is 116. The van der Waals surface area contributed by atoms with Crippen LogP contribution in [0.25, 0.3) is 0 Å². The summed E-state index contributed by atoms with van der Waals surface area (Å²) in [6.07, 6.45) is 1.25. The second-order valence-electron chi connectivity index (χ2n) is 1.58. The van der Waals surface area contributed by atoms with Crippen LogP contribution in [0.3, 0.4) is 0 Å². The van der Waals surface area contributed by atoms with Crippen LogP contribution in [0.15, 0.2) is 0 Å². The van der Waals surface area contributed by atoms with Gasteiger partial charge in [-0.2, -0.15) is 12.6 Å². The molecule has 0 amide bonds. The molecule has 0 rings (SSSR count). The van der Waals surface area contributed by atoms with Gasteiger partial charge in [-0.05, 0) is 0 Å². The number of carbonyl (C=O) groups excluding carboxylic acids is 2. The van der Waals surface area contributed by atoms with Gasteiger partial charge in [-0.25, -0.2) is 0 Å². The summed E-state index contributed by atoms with van der Waals surface area (Å²) < 4.78 is 0. The molecule has 9 heavy (non-hydrogen) atoms. The maximum atomic E-state index is 10.5. The molecule has 0 spiro atoms. The molecule has 0 aromatic heterocycles. The van der Waals surface area contributed by atoms with Gasteiger partial charge in [-0.1, -0.05) is 0 Å². The lowest BCUT2D eigenvalue weighted by Crippen LogP contribution is -2.32. The first kappa shape index (κ1) is 8.65. The van der Waals surface area contributed by atoms with Gasteiger partial charge in [0.2, 0.25) is 6.29 Å². The van der Waals surface area contributed by atoms with Gasteiger partial charge in [-0.15, -0.1) is 0 Å². The van der Waals surface area contributed by atoms with Crippen LogP contribution in [0.5, 0.6) is 0 Å². The summed E-state index contributed by atoms with van der Waals surface area (Å²) in [6.45, 7) is 0. The third kappa shape index (κ3) is 3.26. The van der Waals surface area contributed by atoms with E-state index in [1.54, 1.807) is 0 Å². The van der Waals surface area contributed by atoms with Gasteiger partial charge < -0.3 is 5.73 Å². The van der Waals surface area contributed by atoms with E-state index in [4.69, 9.17) is 5.73 Å². The zero-order valence-corrected chi connectivity index (χ0v) is 5.73. The minimum Gasteiger partial charge on any atom is -0.321 e. The van der Waals surface area contributed by atoms with Crippen LogP contribution in [0.1, 0.15) is 6.42 Å². The van der Waals surface area contributed by atoms with Crippen molar-refractivity contribution in [3.05, 3.63) is 0 Å². The summed E-state index contributed by atoms with van der Waals surface area (Å²) in [6, 6.07) is -0.616. The summed E-state index contributed by atoms with van der Waals surface area (Å²) in [5, 5.41) is 0. The predicted octanol–water partition coefficient (Wildman–Crippen LogP) is -0.688. The SMILES string of the molecule is N[C@H](CS)C(=O)C[C]=O. The Morgan fingerprint density at radius 3 is 2.67 bits per heavy atom. The van der Waals surface area contributed by atoms with E-state index in [2.05, 4.69) is 12.6 Å². The monoisotopic (exact) mass is 146 g/mol. The van der Waals surface area contributed by atoms with Gasteiger partial charge in [-0.3, -0.25) is 9.59 Å². The van der Waals surface area contributed by atoms with Crippen LogP contribution in [0.2, 0.25) is 0 Å². The van der Waals surface area contributed by atoms with Crippen molar-refractivity contribution >= 4 is 24.7 Å². The number of rotatable bonds is 4. The van der Waals surface area contributed by atoms with E-state index in [9.17, 15) is 9.59 Å². The predicted molar refractivity (Wildman–Crippen MR) is 37.1 cm³/mol. The minimum absolute atomic E-state index is 0.221. The molecule has 2 N–H and O–H groups in total. The van der Waals surface area contributed by atoms with Gasteiger partial charge in [0.1, 0.15) is 0 Å². The van der Waals surface area contributed by atoms with E-state index >= 15 is 0 Å². The van der Waals surface area contributed by atoms with E-state index in [1.807, 2.05) is 0 Å². The summed E-state index contributed by atoms with van der Waals surface area (Å²) in [5.41, 5.74) is 5.20. The smallest absolute Gasteiger partial charge is 0.206 e. The molecule has 0 aromatic carbocycles. The molecule has 0 heterocycles. The molecular weight excluding hydrogens is 138 g/mol. The molecule has 0 saturated heterocycles. The molecular formula is C5H8NO2S. The maximum absolute atomic E-state index is 10.5. The van der Waals surface area contributed by atoms with Crippen LogP contribution in [0, 0.1) is 0 Å². The fourth-order valence-corrected chi connectivity index (χ4v) is 0.508. The molecule has 0 saturated carbocycles. The number of carbonyl (C=O) groups is 1. The lowest BCUT2D eigenvalue weighted by atomic mass is 10.2. The first-order valence-corrected chi connectivity index (χ1v) is 3.09. The Kier molecular flexibility index (Phi) is 4.35. The van der Waals surface area contributed by atoms with E-state index in [0.717, 1.165) is 0 Å². The van der Waals surface area contributed by atoms with Gasteiger partial charge >= 0.3 is 0 Å². The van der Waals surface area contributed by atoms with Crippen LogP contribution in [-0.2, 0) is 9.59 Å². The molecule has 1 atom stereocenters. The first-order valence-electron chi connectivity index (χ1n) is 2.46. The number of ketones is 1. The highest BCUT2D eigenvalue weighted by Crippen LogP contribution is 1.88. The van der Waals surface area contributed by atoms with E-state index < -0.39 is 6.04 Å². The Morgan fingerprint density at radius 1 is 1.78 bits per heavy atom. The molecule has 0 bridgehead atoms. The van der Waals surface area contributed by atoms with Crippen LogP contribution in [0.4, 0.5) is 0 Å². The van der Waals surface area contributed by atoms with E-state index in [0.29, 0.717) is 0 Å². The average Bonchev–Trinajstić information content (AvgIpc) is 1.87. The number of Topliss-reactive ketones (excluding diaryl/α,β-unsaturated/α-hetero) is 1. The van der Waals surface area contributed by atoms with Crippen molar-refractivity contribution in [2.24, 2.45) is 5.73 Å². The first-order chi connectivity index (χ1) is 4.22. The zero-order chi connectivity index (χ0) is 7.28. The molecule has 0 unspecified atom stereocenters. The Labute approximate surface area is 59.0 Å². The molecule has 0 aliphatic rings. The second kappa shape index (κ2) is 4.52. The highest BCUT2D eigenvalue weighted by atomic mass is 32.1. The Hall–Kier alpha value is -0.350. The van der Waals surface area contributed by atoms with Crippen molar-refractivity contribution in [2.45, 2.75) is 12.5 Å². The van der Waals surface area contributed by atoms with Gasteiger partial charge in [0.15, 0.2) is 5.78 Å². The number of nitrogens with two attached hydrogens (primary N) is 1. The quantitative estimate of drug-likeness (QED) is 0.408. The zero-order valence-electron chi connectivity index (χ0n) is 4.83. The third-order valence-corrected chi connectivity index (χ3v) is 1.25. The van der Waals surface area contributed by atoms with Crippen molar-refractivity contribution < 1.29 is 9.59 Å². The second-order valence-corrected chi connectivity index (χ2v) is 1.94. The van der Waals surface area contributed by atoms with Crippen LogP contribution < -0.4 is 5.73 Å². The molecule has 4 heteroatoms. The molecule has 0 aliphatic heterocycles. The minimum atomic E-state index is -0.616. The highest BCUT2D eigenvalue weighted by Gasteiger charge is 2.09. The highest BCUT2D eigenvalue weighted by molar-refractivity contribution is 7.80. The lowest BCUT2D eigenvalue weighted by Gasteiger charge is -2.01. The fraction of sp³-hybridized carbons (Fsp3) is 0.600. The largest absolute Gasteiger partial charge is 0.321 e. The average molecular weight is 146 g/mol. The summed E-state index contributed by atoms with van der Waals surface area (Å²) in [7, 11) is 0. The summed E-state index contributed by atoms with van der Waals surface area (Å²) >= 11 is 3.77. The van der Waals surface area contributed by atoms with Crippen molar-refractivity contribution in [2.75, 3.05) is 5.75 Å². The number of hydrogen-bond acceptors (Lipinski definition) is 4. The van der Waals surface area contributed by atoms with Crippen LogP contribution in [-0.4, -0.2) is 23.9 Å². The lowest BCUT2D eigenvalue weighted by molar-refractivity contribution is -0.118. The third-order valence-electron chi connectivity index (χ3n) is 0.857. The number of hydrogen-bond donors (Lipinski definition) is 2. The normalized spacial score (nSPS) is 12.7. The molecule has 0 aromatic rings. The van der Waals surface area contributed by atoms with Crippen molar-refractivity contribution in [3.63, 3.8) is 0 Å². The van der Waals surface area contributed by atoms with Crippen molar-refractivity contribution in [3.8, 4) is 0 Å². The molecule has 0 fully saturated rings. The molecule has 1 radical (unpaired) electrons. The van der Waals surface area contributed by atoms with Crippen molar-refractivity contribution in [1.82, 2.24) is 0 Å². The Morgan fingerprint density at radius 2 is 2.33 bits per heavy atom. The van der Waals surface area contributed by atoms with Crippen molar-refractivity contribution in [1.29, 1.82) is 0 Å². The number of thiol groups is 1. The van der Waals surface area contributed by atoms with E-state index in [1.165, 1.54) is 6.29 Å². The summed E-state index contributed by atoms with van der Waals surface area (Å²) in [5.74, 6) is -0.0273. The Balaban J connectivity index is 3.58.